The maximum absolute atomic E-state index is 12.3. The van der Waals surface area contributed by atoms with Gasteiger partial charge < -0.3 is 10.3 Å². The molecule has 2 heterocycles. The molecule has 2 N–H and O–H groups in total. The minimum Gasteiger partial charge on any atom is -0.359 e. The summed E-state index contributed by atoms with van der Waals surface area (Å²) in [7, 11) is 0. The lowest BCUT2D eigenvalue weighted by Gasteiger charge is -2.20. The first-order chi connectivity index (χ1) is 9.02. The summed E-state index contributed by atoms with van der Waals surface area (Å²) in [6.45, 7) is 1.53. The molecule has 100 valence electrons. The lowest BCUT2D eigenvalue weighted by atomic mass is 9.96. The Bertz CT molecular complexity index is 547. The molecule has 1 atom stereocenters. The lowest BCUT2D eigenvalue weighted by Crippen LogP contribution is -2.46. The fraction of sp³-hybridized carbons (Fsp3) is 0.462. The van der Waals surface area contributed by atoms with Crippen LogP contribution in [-0.4, -0.2) is 39.7 Å². The molecule has 1 aliphatic heterocycles. The summed E-state index contributed by atoms with van der Waals surface area (Å²) in [5.74, 6) is -0.358. The molecule has 3 amide bonds. The molecular formula is C13H15N3O3. The molecule has 6 nitrogen and oxygen atoms in total. The van der Waals surface area contributed by atoms with Crippen LogP contribution in [0.3, 0.4) is 0 Å². The van der Waals surface area contributed by atoms with Gasteiger partial charge in [0.1, 0.15) is 5.54 Å². The molecule has 6 heteroatoms. The van der Waals surface area contributed by atoms with E-state index in [0.29, 0.717) is 5.69 Å². The summed E-state index contributed by atoms with van der Waals surface area (Å²) in [4.78, 5) is 39.9. The fourth-order valence-corrected chi connectivity index (χ4v) is 2.53. The molecule has 0 unspecified atom stereocenters. The minimum absolute atomic E-state index is 0.203. The molecule has 0 aromatic carbocycles. The zero-order chi connectivity index (χ0) is 13.6. The Balaban J connectivity index is 1.76. The maximum atomic E-state index is 12.3. The highest BCUT2D eigenvalue weighted by Crippen LogP contribution is 2.42. The first-order valence-corrected chi connectivity index (χ1v) is 6.33. The van der Waals surface area contributed by atoms with Crippen molar-refractivity contribution in [2.75, 3.05) is 6.54 Å². The van der Waals surface area contributed by atoms with Crippen molar-refractivity contribution < 1.29 is 14.4 Å². The summed E-state index contributed by atoms with van der Waals surface area (Å²) < 4.78 is 0. The van der Waals surface area contributed by atoms with E-state index in [9.17, 15) is 14.4 Å². The van der Waals surface area contributed by atoms with Crippen molar-refractivity contribution in [3.63, 3.8) is 0 Å². The summed E-state index contributed by atoms with van der Waals surface area (Å²) >= 11 is 0. The molecule has 1 saturated carbocycles. The number of nitrogens with one attached hydrogen (secondary N) is 2. The van der Waals surface area contributed by atoms with Gasteiger partial charge in [0.15, 0.2) is 5.78 Å². The summed E-state index contributed by atoms with van der Waals surface area (Å²) in [5.41, 5.74) is -0.423. The van der Waals surface area contributed by atoms with Crippen LogP contribution in [0.2, 0.25) is 0 Å². The number of Topliss-reactive ketones (excluding diaryl/α,β-unsaturated/α-hetero) is 1. The Morgan fingerprint density at radius 1 is 1.47 bits per heavy atom. The van der Waals surface area contributed by atoms with Crippen LogP contribution >= 0.6 is 0 Å². The van der Waals surface area contributed by atoms with Gasteiger partial charge in [-0.3, -0.25) is 14.5 Å². The molecule has 1 aromatic rings. The highest BCUT2D eigenvalue weighted by Gasteiger charge is 2.56. The standard InChI is InChI=1S/C13H15N3O3/c1-13(8-4-5-8)11(18)16(12(19)15-13)7-10(17)9-3-2-6-14-9/h2-3,6,8,14H,4-5,7H2,1H3,(H,15,19)/t13-/m1/s1. The average molecular weight is 261 g/mol. The van der Waals surface area contributed by atoms with Crippen molar-refractivity contribution in [1.82, 2.24) is 15.2 Å². The molecule has 1 aromatic heterocycles. The van der Waals surface area contributed by atoms with Crippen LogP contribution in [0.15, 0.2) is 18.3 Å². The third-order valence-electron chi connectivity index (χ3n) is 3.90. The summed E-state index contributed by atoms with van der Waals surface area (Å²) in [6.07, 6.45) is 3.52. The molecular weight excluding hydrogens is 246 g/mol. The number of carbonyl (C=O) groups is 3. The number of amides is 3. The van der Waals surface area contributed by atoms with Gasteiger partial charge in [0.25, 0.3) is 5.91 Å². The van der Waals surface area contributed by atoms with Crippen LogP contribution in [0.25, 0.3) is 0 Å². The van der Waals surface area contributed by atoms with E-state index in [2.05, 4.69) is 10.3 Å². The van der Waals surface area contributed by atoms with E-state index in [1.54, 1.807) is 25.3 Å². The Morgan fingerprint density at radius 3 is 2.79 bits per heavy atom. The Labute approximate surface area is 110 Å². The van der Waals surface area contributed by atoms with Crippen molar-refractivity contribution in [3.8, 4) is 0 Å². The molecule has 0 radical (unpaired) electrons. The van der Waals surface area contributed by atoms with Crippen molar-refractivity contribution in [2.24, 2.45) is 5.92 Å². The number of aromatic nitrogens is 1. The fourth-order valence-electron chi connectivity index (χ4n) is 2.53. The van der Waals surface area contributed by atoms with Crippen LogP contribution < -0.4 is 5.32 Å². The molecule has 0 spiro atoms. The van der Waals surface area contributed by atoms with Crippen LogP contribution in [0.4, 0.5) is 4.79 Å². The van der Waals surface area contributed by atoms with Crippen LogP contribution in [0.5, 0.6) is 0 Å². The second kappa shape index (κ2) is 3.94. The smallest absolute Gasteiger partial charge is 0.325 e. The third-order valence-corrected chi connectivity index (χ3v) is 3.90. The van der Waals surface area contributed by atoms with Crippen LogP contribution in [0.1, 0.15) is 30.3 Å². The van der Waals surface area contributed by atoms with Crippen LogP contribution in [-0.2, 0) is 4.79 Å². The van der Waals surface area contributed by atoms with E-state index in [-0.39, 0.29) is 24.2 Å². The zero-order valence-corrected chi connectivity index (χ0v) is 10.6. The van der Waals surface area contributed by atoms with Gasteiger partial charge in [-0.05, 0) is 37.8 Å². The number of carbonyl (C=O) groups excluding carboxylic acids is 3. The predicted molar refractivity (Wildman–Crippen MR) is 66.5 cm³/mol. The summed E-state index contributed by atoms with van der Waals surface area (Å²) in [6, 6.07) is 2.85. The van der Waals surface area contributed by atoms with Crippen molar-refractivity contribution in [1.29, 1.82) is 0 Å². The molecule has 2 aliphatic rings. The first kappa shape index (κ1) is 12.0. The van der Waals surface area contributed by atoms with Gasteiger partial charge in [-0.25, -0.2) is 4.79 Å². The molecule has 0 bridgehead atoms. The number of rotatable bonds is 4. The minimum atomic E-state index is -0.826. The Morgan fingerprint density at radius 2 is 2.21 bits per heavy atom. The topological polar surface area (TPSA) is 82.3 Å². The molecule has 2 fully saturated rings. The number of hydrogen-bond acceptors (Lipinski definition) is 3. The van der Waals surface area contributed by atoms with E-state index < -0.39 is 11.6 Å². The van der Waals surface area contributed by atoms with Gasteiger partial charge in [-0.2, -0.15) is 0 Å². The number of urea groups is 1. The van der Waals surface area contributed by atoms with Gasteiger partial charge >= 0.3 is 6.03 Å². The zero-order valence-electron chi connectivity index (χ0n) is 10.6. The van der Waals surface area contributed by atoms with E-state index in [1.807, 2.05) is 0 Å². The SMILES string of the molecule is C[C@]1(C2CC2)NC(=O)N(CC(=O)c2ccc[nH]2)C1=O. The number of nitrogens with zero attached hydrogens (tertiary/aromatic N) is 1. The normalized spacial score (nSPS) is 26.7. The number of H-pyrrole nitrogens is 1. The van der Waals surface area contributed by atoms with Crippen molar-refractivity contribution in [3.05, 3.63) is 24.0 Å². The average Bonchev–Trinajstić information content (AvgIpc) is 3.05. The first-order valence-electron chi connectivity index (χ1n) is 6.33. The van der Waals surface area contributed by atoms with E-state index in [0.717, 1.165) is 17.7 Å². The van der Waals surface area contributed by atoms with Crippen LogP contribution in [0, 0.1) is 5.92 Å². The van der Waals surface area contributed by atoms with Gasteiger partial charge in [0.2, 0.25) is 0 Å². The quantitative estimate of drug-likeness (QED) is 0.624. The second-order valence-electron chi connectivity index (χ2n) is 5.31. The predicted octanol–water partition coefficient (Wildman–Crippen LogP) is 0.918. The van der Waals surface area contributed by atoms with Gasteiger partial charge in [0, 0.05) is 6.20 Å². The lowest BCUT2D eigenvalue weighted by molar-refractivity contribution is -0.131. The van der Waals surface area contributed by atoms with Crippen molar-refractivity contribution in [2.45, 2.75) is 25.3 Å². The Kier molecular flexibility index (Phi) is 2.48. The number of imide groups is 1. The van der Waals surface area contributed by atoms with Crippen molar-refractivity contribution >= 4 is 17.7 Å². The van der Waals surface area contributed by atoms with E-state index in [4.69, 9.17) is 0 Å². The molecule has 1 saturated heterocycles. The highest BCUT2D eigenvalue weighted by molar-refractivity contribution is 6.10. The van der Waals surface area contributed by atoms with Gasteiger partial charge in [-0.15, -0.1) is 0 Å². The summed E-state index contributed by atoms with van der Waals surface area (Å²) in [5, 5.41) is 2.72. The number of hydrogen-bond donors (Lipinski definition) is 2. The third kappa shape index (κ3) is 1.83. The van der Waals surface area contributed by atoms with E-state index in [1.165, 1.54) is 0 Å². The molecule has 19 heavy (non-hydrogen) atoms. The Hall–Kier alpha value is -2.11. The van der Waals surface area contributed by atoms with Gasteiger partial charge in [-0.1, -0.05) is 0 Å². The number of ketones is 1. The van der Waals surface area contributed by atoms with Gasteiger partial charge in [0.05, 0.1) is 12.2 Å². The second-order valence-corrected chi connectivity index (χ2v) is 5.31. The number of aromatic amines is 1. The molecule has 3 rings (SSSR count). The monoisotopic (exact) mass is 261 g/mol. The van der Waals surface area contributed by atoms with E-state index >= 15 is 0 Å². The largest absolute Gasteiger partial charge is 0.359 e. The highest BCUT2D eigenvalue weighted by atomic mass is 16.2. The maximum Gasteiger partial charge on any atom is 0.325 e. The molecule has 1 aliphatic carbocycles.